The monoisotopic (exact) mass is 129 g/mol. The van der Waals surface area contributed by atoms with E-state index in [-0.39, 0.29) is 5.54 Å². The van der Waals surface area contributed by atoms with Crippen LogP contribution in [0.25, 0.3) is 0 Å². The van der Waals surface area contributed by atoms with Gasteiger partial charge in [0.05, 0.1) is 0 Å². The van der Waals surface area contributed by atoms with E-state index < -0.39 is 0 Å². The first-order valence-electron chi connectivity index (χ1n) is 3.91. The highest BCUT2D eigenvalue weighted by atomic mass is 14.7. The van der Waals surface area contributed by atoms with E-state index >= 15 is 0 Å². The highest BCUT2D eigenvalue weighted by Crippen LogP contribution is 2.13. The summed E-state index contributed by atoms with van der Waals surface area (Å²) in [6, 6.07) is 0. The Balaban J connectivity index is 3.33. The van der Waals surface area contributed by atoms with Crippen molar-refractivity contribution >= 4 is 0 Å². The minimum absolute atomic E-state index is 0.0933. The zero-order valence-electron chi connectivity index (χ0n) is 6.91. The minimum Gasteiger partial charge on any atom is -0.325 e. The van der Waals surface area contributed by atoms with Crippen LogP contribution >= 0.6 is 0 Å². The van der Waals surface area contributed by atoms with Crippen molar-refractivity contribution in [3.05, 3.63) is 0 Å². The molecule has 0 spiro atoms. The van der Waals surface area contributed by atoms with E-state index in [0.29, 0.717) is 0 Å². The second-order valence-electron chi connectivity index (χ2n) is 3.11. The lowest BCUT2D eigenvalue weighted by atomic mass is 9.94. The summed E-state index contributed by atoms with van der Waals surface area (Å²) >= 11 is 0. The van der Waals surface area contributed by atoms with E-state index in [1.807, 2.05) is 0 Å². The predicted molar refractivity (Wildman–Crippen MR) is 42.4 cm³/mol. The molecule has 0 saturated heterocycles. The zero-order chi connectivity index (χ0) is 7.33. The summed E-state index contributed by atoms with van der Waals surface area (Å²) in [5.41, 5.74) is 6.00. The smallest absolute Gasteiger partial charge is 0.0123 e. The first-order valence-corrected chi connectivity index (χ1v) is 3.91. The Morgan fingerprint density at radius 1 is 1.33 bits per heavy atom. The largest absolute Gasteiger partial charge is 0.325 e. The van der Waals surface area contributed by atoms with Gasteiger partial charge in [0, 0.05) is 5.54 Å². The molecule has 0 aliphatic carbocycles. The molecule has 0 aliphatic rings. The molecule has 0 heterocycles. The van der Waals surface area contributed by atoms with Gasteiger partial charge in [0.15, 0.2) is 0 Å². The lowest BCUT2D eigenvalue weighted by Crippen LogP contribution is -2.34. The summed E-state index contributed by atoms with van der Waals surface area (Å²) in [6.45, 7) is 6.48. The molecule has 0 aromatic carbocycles. The normalized spacial score (nSPS) is 17.3. The summed E-state index contributed by atoms with van der Waals surface area (Å²) in [5.74, 6) is 0. The van der Waals surface area contributed by atoms with E-state index in [1.54, 1.807) is 0 Å². The molecule has 1 heteroatoms. The van der Waals surface area contributed by atoms with Gasteiger partial charge in [-0.25, -0.2) is 0 Å². The van der Waals surface area contributed by atoms with Gasteiger partial charge in [0.2, 0.25) is 0 Å². The van der Waals surface area contributed by atoms with Gasteiger partial charge in [-0.05, 0) is 19.8 Å². The van der Waals surface area contributed by atoms with Crippen molar-refractivity contribution in [3.8, 4) is 0 Å². The van der Waals surface area contributed by atoms with Crippen LogP contribution in [0, 0.1) is 0 Å². The van der Waals surface area contributed by atoms with Gasteiger partial charge in [-0.15, -0.1) is 0 Å². The van der Waals surface area contributed by atoms with Crippen LogP contribution in [0.4, 0.5) is 0 Å². The molecule has 0 fully saturated rings. The summed E-state index contributed by atoms with van der Waals surface area (Å²) < 4.78 is 0. The lowest BCUT2D eigenvalue weighted by Gasteiger charge is -2.21. The molecule has 0 rings (SSSR count). The highest BCUT2D eigenvalue weighted by Gasteiger charge is 2.13. The zero-order valence-corrected chi connectivity index (χ0v) is 6.91. The molecular weight excluding hydrogens is 110 g/mol. The molecule has 0 bridgehead atoms. The van der Waals surface area contributed by atoms with Gasteiger partial charge < -0.3 is 5.73 Å². The van der Waals surface area contributed by atoms with Crippen LogP contribution in [-0.2, 0) is 0 Å². The van der Waals surface area contributed by atoms with Gasteiger partial charge in [0.25, 0.3) is 0 Å². The predicted octanol–water partition coefficient (Wildman–Crippen LogP) is 2.30. The van der Waals surface area contributed by atoms with E-state index in [1.165, 1.54) is 19.3 Å². The Hall–Kier alpha value is -0.0400. The molecule has 0 aromatic rings. The van der Waals surface area contributed by atoms with Crippen molar-refractivity contribution in [1.82, 2.24) is 0 Å². The summed E-state index contributed by atoms with van der Waals surface area (Å²) in [5, 5.41) is 0. The van der Waals surface area contributed by atoms with Gasteiger partial charge in [-0.1, -0.05) is 26.7 Å². The van der Waals surface area contributed by atoms with E-state index in [2.05, 4.69) is 20.8 Å². The molecule has 56 valence electrons. The van der Waals surface area contributed by atoms with Crippen LogP contribution in [0.2, 0.25) is 0 Å². The number of rotatable bonds is 4. The Labute approximate surface area is 58.6 Å². The molecular formula is C8H19N. The third-order valence-corrected chi connectivity index (χ3v) is 1.91. The molecule has 0 saturated carbocycles. The van der Waals surface area contributed by atoms with Gasteiger partial charge in [0.1, 0.15) is 0 Å². The van der Waals surface area contributed by atoms with Crippen molar-refractivity contribution in [3.63, 3.8) is 0 Å². The Bertz CT molecular complexity index is 67.0. The first kappa shape index (κ1) is 8.96. The number of hydrogen-bond acceptors (Lipinski definition) is 1. The van der Waals surface area contributed by atoms with Crippen LogP contribution in [0.15, 0.2) is 0 Å². The van der Waals surface area contributed by atoms with Crippen molar-refractivity contribution in [2.75, 3.05) is 0 Å². The Kier molecular flexibility index (Phi) is 3.87. The van der Waals surface area contributed by atoms with Gasteiger partial charge >= 0.3 is 0 Å². The van der Waals surface area contributed by atoms with E-state index in [4.69, 9.17) is 5.73 Å². The fraction of sp³-hybridized carbons (Fsp3) is 1.00. The van der Waals surface area contributed by atoms with Crippen molar-refractivity contribution < 1.29 is 0 Å². The van der Waals surface area contributed by atoms with Crippen LogP contribution in [-0.4, -0.2) is 5.54 Å². The fourth-order valence-corrected chi connectivity index (χ4v) is 0.757. The molecule has 0 aliphatic heterocycles. The highest BCUT2D eigenvalue weighted by molar-refractivity contribution is 4.75. The van der Waals surface area contributed by atoms with Crippen LogP contribution in [0.5, 0.6) is 0 Å². The summed E-state index contributed by atoms with van der Waals surface area (Å²) in [4.78, 5) is 0. The maximum atomic E-state index is 5.90. The molecule has 1 nitrogen and oxygen atoms in total. The first-order chi connectivity index (χ1) is 4.12. The molecule has 1 unspecified atom stereocenters. The third-order valence-electron chi connectivity index (χ3n) is 1.91. The van der Waals surface area contributed by atoms with Crippen molar-refractivity contribution in [2.24, 2.45) is 5.73 Å². The number of nitrogens with two attached hydrogens (primary N) is 1. The van der Waals surface area contributed by atoms with Crippen molar-refractivity contribution in [2.45, 2.75) is 52.0 Å². The Morgan fingerprint density at radius 3 is 2.22 bits per heavy atom. The molecule has 0 amide bonds. The van der Waals surface area contributed by atoms with E-state index in [0.717, 1.165) is 6.42 Å². The average Bonchev–Trinajstić information content (AvgIpc) is 1.84. The maximum Gasteiger partial charge on any atom is 0.0123 e. The molecule has 1 atom stereocenters. The maximum absolute atomic E-state index is 5.90. The molecule has 9 heavy (non-hydrogen) atoms. The quantitative estimate of drug-likeness (QED) is 0.619. The van der Waals surface area contributed by atoms with E-state index in [9.17, 15) is 0 Å². The molecule has 2 N–H and O–H groups in total. The second kappa shape index (κ2) is 3.89. The second-order valence-corrected chi connectivity index (χ2v) is 3.11. The van der Waals surface area contributed by atoms with Crippen LogP contribution in [0.3, 0.4) is 0 Å². The topological polar surface area (TPSA) is 26.0 Å². The Morgan fingerprint density at radius 2 is 1.89 bits per heavy atom. The molecule has 0 radical (unpaired) electrons. The minimum atomic E-state index is 0.0933. The fourth-order valence-electron chi connectivity index (χ4n) is 0.757. The standard InChI is InChI=1S/C8H19N/c1-4-6-7-8(3,9)5-2/h4-7,9H2,1-3H3. The summed E-state index contributed by atoms with van der Waals surface area (Å²) in [7, 11) is 0. The summed E-state index contributed by atoms with van der Waals surface area (Å²) in [6.07, 6.45) is 4.78. The van der Waals surface area contributed by atoms with Crippen LogP contribution in [0.1, 0.15) is 46.5 Å². The van der Waals surface area contributed by atoms with Gasteiger partial charge in [-0.3, -0.25) is 0 Å². The number of unbranched alkanes of at least 4 members (excludes halogenated alkanes) is 1. The SMILES string of the molecule is CCCCC(C)(N)CC. The van der Waals surface area contributed by atoms with Crippen molar-refractivity contribution in [1.29, 1.82) is 0 Å². The third kappa shape index (κ3) is 4.46. The molecule has 0 aromatic heterocycles. The van der Waals surface area contributed by atoms with Crippen LogP contribution < -0.4 is 5.73 Å². The lowest BCUT2D eigenvalue weighted by molar-refractivity contribution is 0.403. The average molecular weight is 129 g/mol. The van der Waals surface area contributed by atoms with Gasteiger partial charge in [-0.2, -0.15) is 0 Å². The number of hydrogen-bond donors (Lipinski definition) is 1.